The van der Waals surface area contributed by atoms with Crippen molar-refractivity contribution in [2.45, 2.75) is 58.0 Å². The number of carbonyl (C=O) groups is 1. The van der Waals surface area contributed by atoms with E-state index in [0.717, 1.165) is 24.1 Å². The molecule has 1 aromatic heterocycles. The van der Waals surface area contributed by atoms with Crippen LogP contribution in [0.4, 0.5) is 0 Å². The summed E-state index contributed by atoms with van der Waals surface area (Å²) in [6.45, 7) is 7.00. The number of fused-ring (bicyclic) bond motifs is 3. The molecule has 0 fully saturated rings. The van der Waals surface area contributed by atoms with Crippen LogP contribution in [0, 0.1) is 0 Å². The fourth-order valence-corrected chi connectivity index (χ4v) is 3.78. The van der Waals surface area contributed by atoms with E-state index in [0.29, 0.717) is 18.9 Å². The maximum absolute atomic E-state index is 11.4. The third kappa shape index (κ3) is 2.55. The van der Waals surface area contributed by atoms with Gasteiger partial charge in [-0.05, 0) is 36.3 Å². The fraction of sp³-hybridized carbons (Fsp3) is 0.526. The number of aliphatic carboxylic acids is 1. The van der Waals surface area contributed by atoms with Gasteiger partial charge in [0.15, 0.2) is 0 Å². The molecule has 2 N–H and O–H groups in total. The molecule has 0 bridgehead atoms. The largest absolute Gasteiger partial charge is 0.481 e. The van der Waals surface area contributed by atoms with E-state index in [9.17, 15) is 9.90 Å². The number of aromatic nitrogens is 1. The van der Waals surface area contributed by atoms with Crippen molar-refractivity contribution >= 4 is 16.9 Å². The molecular formula is C19H25NO3. The molecule has 2 atom stereocenters. The molecule has 3 rings (SSSR count). The fourth-order valence-electron chi connectivity index (χ4n) is 3.78. The highest BCUT2D eigenvalue weighted by Gasteiger charge is 2.41. The van der Waals surface area contributed by atoms with Gasteiger partial charge in [0, 0.05) is 10.9 Å². The smallest absolute Gasteiger partial charge is 0.306 e. The van der Waals surface area contributed by atoms with Crippen molar-refractivity contribution in [1.82, 2.24) is 4.98 Å². The summed E-state index contributed by atoms with van der Waals surface area (Å²) >= 11 is 0. The quantitative estimate of drug-likeness (QED) is 0.863. The molecule has 2 heterocycles. The van der Waals surface area contributed by atoms with Crippen molar-refractivity contribution < 1.29 is 14.6 Å². The summed E-state index contributed by atoms with van der Waals surface area (Å²) < 4.78 is 6.00. The Hall–Kier alpha value is -1.81. The van der Waals surface area contributed by atoms with Crippen LogP contribution in [0.5, 0.6) is 0 Å². The van der Waals surface area contributed by atoms with Crippen molar-refractivity contribution in [3.05, 3.63) is 35.0 Å². The number of benzene rings is 1. The van der Waals surface area contributed by atoms with E-state index < -0.39 is 11.6 Å². The molecule has 0 saturated carbocycles. The molecule has 1 aromatic carbocycles. The Labute approximate surface area is 136 Å². The van der Waals surface area contributed by atoms with Crippen LogP contribution in [-0.2, 0) is 21.6 Å². The molecule has 2 aromatic rings. The van der Waals surface area contributed by atoms with Crippen molar-refractivity contribution in [1.29, 1.82) is 0 Å². The molecule has 4 heteroatoms. The summed E-state index contributed by atoms with van der Waals surface area (Å²) in [5, 5.41) is 10.6. The minimum absolute atomic E-state index is 0.00197. The van der Waals surface area contributed by atoms with E-state index in [2.05, 4.69) is 37.0 Å². The van der Waals surface area contributed by atoms with Gasteiger partial charge in [0.2, 0.25) is 0 Å². The van der Waals surface area contributed by atoms with Crippen LogP contribution in [0.1, 0.15) is 62.8 Å². The van der Waals surface area contributed by atoms with Gasteiger partial charge in [-0.2, -0.15) is 0 Å². The van der Waals surface area contributed by atoms with Gasteiger partial charge in [-0.25, -0.2) is 0 Å². The average molecular weight is 315 g/mol. The highest BCUT2D eigenvalue weighted by atomic mass is 16.5. The summed E-state index contributed by atoms with van der Waals surface area (Å²) in [6.07, 6.45) is 2.56. The number of ether oxygens (including phenoxy) is 1. The SMILES string of the molecule is CCC(C)c1cccc2c3c([nH]c12)C(CC)(CC(=O)O)OCC3. The molecule has 2 unspecified atom stereocenters. The monoisotopic (exact) mass is 315 g/mol. The van der Waals surface area contributed by atoms with Crippen molar-refractivity contribution in [2.75, 3.05) is 6.61 Å². The number of rotatable bonds is 5. The lowest BCUT2D eigenvalue weighted by Gasteiger charge is -2.35. The Morgan fingerprint density at radius 1 is 1.43 bits per heavy atom. The summed E-state index contributed by atoms with van der Waals surface area (Å²) in [5.41, 5.74) is 3.93. The number of hydrogen-bond acceptors (Lipinski definition) is 2. The first kappa shape index (κ1) is 16.1. The molecule has 1 aliphatic heterocycles. The number of para-hydroxylation sites is 1. The van der Waals surface area contributed by atoms with E-state index >= 15 is 0 Å². The first-order valence-corrected chi connectivity index (χ1v) is 8.52. The Kier molecular flexibility index (Phi) is 4.19. The molecule has 0 amide bonds. The lowest BCUT2D eigenvalue weighted by molar-refractivity contribution is -0.148. The Bertz CT molecular complexity index is 734. The summed E-state index contributed by atoms with van der Waals surface area (Å²) in [4.78, 5) is 14.9. The first-order valence-electron chi connectivity index (χ1n) is 8.52. The molecule has 1 aliphatic rings. The van der Waals surface area contributed by atoms with Gasteiger partial charge in [-0.1, -0.05) is 39.0 Å². The van der Waals surface area contributed by atoms with E-state index in [-0.39, 0.29) is 6.42 Å². The van der Waals surface area contributed by atoms with E-state index in [1.807, 2.05) is 6.92 Å². The van der Waals surface area contributed by atoms with Crippen LogP contribution in [-0.4, -0.2) is 22.7 Å². The van der Waals surface area contributed by atoms with Gasteiger partial charge in [-0.15, -0.1) is 0 Å². The van der Waals surface area contributed by atoms with Gasteiger partial charge < -0.3 is 14.8 Å². The van der Waals surface area contributed by atoms with Gasteiger partial charge in [0.1, 0.15) is 5.60 Å². The highest BCUT2D eigenvalue weighted by Crippen LogP contribution is 2.42. The third-order valence-corrected chi connectivity index (χ3v) is 5.31. The molecule has 0 spiro atoms. The number of hydrogen-bond donors (Lipinski definition) is 2. The van der Waals surface area contributed by atoms with Gasteiger partial charge >= 0.3 is 5.97 Å². The van der Waals surface area contributed by atoms with Crippen LogP contribution < -0.4 is 0 Å². The molecule has 4 nitrogen and oxygen atoms in total. The van der Waals surface area contributed by atoms with E-state index in [1.54, 1.807) is 0 Å². The van der Waals surface area contributed by atoms with Crippen LogP contribution in [0.3, 0.4) is 0 Å². The topological polar surface area (TPSA) is 62.3 Å². The second-order valence-corrected chi connectivity index (χ2v) is 6.57. The zero-order valence-corrected chi connectivity index (χ0v) is 14.1. The number of H-pyrrole nitrogens is 1. The lowest BCUT2D eigenvalue weighted by atomic mass is 9.86. The molecule has 23 heavy (non-hydrogen) atoms. The second kappa shape index (κ2) is 6.00. The predicted octanol–water partition coefficient (Wildman–Crippen LogP) is 4.33. The number of aromatic amines is 1. The number of nitrogens with one attached hydrogen (secondary N) is 1. The summed E-state index contributed by atoms with van der Waals surface area (Å²) in [6, 6.07) is 6.42. The van der Waals surface area contributed by atoms with Crippen LogP contribution >= 0.6 is 0 Å². The lowest BCUT2D eigenvalue weighted by Crippen LogP contribution is -2.37. The van der Waals surface area contributed by atoms with E-state index in [1.165, 1.54) is 16.5 Å². The van der Waals surface area contributed by atoms with Crippen LogP contribution in [0.2, 0.25) is 0 Å². The Balaban J connectivity index is 2.22. The maximum atomic E-state index is 11.4. The van der Waals surface area contributed by atoms with Gasteiger partial charge in [-0.3, -0.25) is 4.79 Å². The normalized spacial score (nSPS) is 22.0. The highest BCUT2D eigenvalue weighted by molar-refractivity contribution is 5.88. The maximum Gasteiger partial charge on any atom is 0.306 e. The standard InChI is InChI=1S/C19H25NO3/c1-4-12(3)13-7-6-8-14-15-9-10-23-19(5-2,11-16(21)22)18(15)20-17(13)14/h6-8,12,20H,4-5,9-11H2,1-3H3,(H,21,22). The molecule has 0 saturated heterocycles. The Morgan fingerprint density at radius 3 is 2.87 bits per heavy atom. The van der Waals surface area contributed by atoms with Crippen molar-refractivity contribution in [2.24, 2.45) is 0 Å². The minimum atomic E-state index is -0.819. The zero-order valence-electron chi connectivity index (χ0n) is 14.1. The van der Waals surface area contributed by atoms with Crippen LogP contribution in [0.25, 0.3) is 10.9 Å². The zero-order chi connectivity index (χ0) is 16.6. The third-order valence-electron chi connectivity index (χ3n) is 5.31. The van der Waals surface area contributed by atoms with Crippen molar-refractivity contribution in [3.63, 3.8) is 0 Å². The van der Waals surface area contributed by atoms with Crippen molar-refractivity contribution in [3.8, 4) is 0 Å². The van der Waals surface area contributed by atoms with Gasteiger partial charge in [0.05, 0.1) is 18.7 Å². The summed E-state index contributed by atoms with van der Waals surface area (Å²) in [5.74, 6) is -0.351. The Morgan fingerprint density at radius 2 is 2.22 bits per heavy atom. The minimum Gasteiger partial charge on any atom is -0.481 e. The second-order valence-electron chi connectivity index (χ2n) is 6.57. The number of carboxylic acids is 1. The molecule has 0 radical (unpaired) electrons. The van der Waals surface area contributed by atoms with E-state index in [4.69, 9.17) is 4.74 Å². The number of carboxylic acid groups (broad SMARTS) is 1. The molecule has 124 valence electrons. The van der Waals surface area contributed by atoms with Crippen LogP contribution in [0.15, 0.2) is 18.2 Å². The molecular weight excluding hydrogens is 290 g/mol. The summed E-state index contributed by atoms with van der Waals surface area (Å²) in [7, 11) is 0. The predicted molar refractivity (Wildman–Crippen MR) is 90.9 cm³/mol. The van der Waals surface area contributed by atoms with Gasteiger partial charge in [0.25, 0.3) is 0 Å². The first-order chi connectivity index (χ1) is 11.0. The average Bonchev–Trinajstić information content (AvgIpc) is 2.93. The molecule has 0 aliphatic carbocycles.